The molecule has 3 N–H and O–H groups in total. The van der Waals surface area contributed by atoms with E-state index in [2.05, 4.69) is 5.32 Å². The van der Waals surface area contributed by atoms with Crippen molar-refractivity contribution in [3.05, 3.63) is 0 Å². The summed E-state index contributed by atoms with van der Waals surface area (Å²) < 4.78 is 0. The predicted octanol–water partition coefficient (Wildman–Crippen LogP) is 0.271. The molecule has 0 radical (unpaired) electrons. The first-order valence-corrected chi connectivity index (χ1v) is 5.79. The summed E-state index contributed by atoms with van der Waals surface area (Å²) >= 11 is 0. The SMILES string of the molecule is O=C(O)C1(C(=O)NC2CCCCC2O)CC1. The number of carbonyl (C=O) groups excluding carboxylic acids is 1. The molecule has 2 fully saturated rings. The van der Waals surface area contributed by atoms with Crippen LogP contribution in [0.15, 0.2) is 0 Å². The summed E-state index contributed by atoms with van der Waals surface area (Å²) in [6, 6.07) is -0.266. The van der Waals surface area contributed by atoms with E-state index >= 15 is 0 Å². The van der Waals surface area contributed by atoms with Gasteiger partial charge in [0.2, 0.25) is 5.91 Å². The molecule has 2 saturated carbocycles. The predicted molar refractivity (Wildman–Crippen MR) is 55.7 cm³/mol. The average Bonchev–Trinajstić information content (AvgIpc) is 3.02. The molecule has 0 aromatic carbocycles. The number of carbonyl (C=O) groups is 2. The number of hydrogen-bond donors (Lipinski definition) is 3. The van der Waals surface area contributed by atoms with Crippen molar-refractivity contribution < 1.29 is 19.8 Å². The summed E-state index contributed by atoms with van der Waals surface area (Å²) in [5.74, 6) is -1.47. The van der Waals surface area contributed by atoms with Crippen molar-refractivity contribution in [3.63, 3.8) is 0 Å². The molecule has 1 amide bonds. The van der Waals surface area contributed by atoms with Crippen LogP contribution < -0.4 is 5.32 Å². The minimum Gasteiger partial charge on any atom is -0.480 e. The minimum absolute atomic E-state index is 0.266. The average molecular weight is 227 g/mol. The second-order valence-corrected chi connectivity index (χ2v) is 4.82. The summed E-state index contributed by atoms with van der Waals surface area (Å²) in [5, 5.41) is 21.3. The van der Waals surface area contributed by atoms with Gasteiger partial charge in [-0.3, -0.25) is 9.59 Å². The highest BCUT2D eigenvalue weighted by atomic mass is 16.4. The summed E-state index contributed by atoms with van der Waals surface area (Å²) in [5.41, 5.74) is -1.20. The van der Waals surface area contributed by atoms with Gasteiger partial charge in [-0.05, 0) is 25.7 Å². The molecule has 16 heavy (non-hydrogen) atoms. The fourth-order valence-corrected chi connectivity index (χ4v) is 2.25. The third-order valence-electron chi connectivity index (χ3n) is 3.64. The minimum atomic E-state index is -1.20. The summed E-state index contributed by atoms with van der Waals surface area (Å²) in [6.45, 7) is 0. The Labute approximate surface area is 93.8 Å². The Bertz CT molecular complexity index is 311. The van der Waals surface area contributed by atoms with Gasteiger partial charge < -0.3 is 15.5 Å². The van der Waals surface area contributed by atoms with Crippen LogP contribution in [0.3, 0.4) is 0 Å². The maximum atomic E-state index is 11.8. The monoisotopic (exact) mass is 227 g/mol. The zero-order valence-electron chi connectivity index (χ0n) is 9.11. The van der Waals surface area contributed by atoms with Crippen LogP contribution in [0.2, 0.25) is 0 Å². The van der Waals surface area contributed by atoms with Crippen molar-refractivity contribution in [2.24, 2.45) is 5.41 Å². The van der Waals surface area contributed by atoms with Crippen LogP contribution in [-0.4, -0.2) is 34.2 Å². The van der Waals surface area contributed by atoms with E-state index in [1.165, 1.54) is 0 Å². The second-order valence-electron chi connectivity index (χ2n) is 4.82. The van der Waals surface area contributed by atoms with Gasteiger partial charge in [-0.2, -0.15) is 0 Å². The van der Waals surface area contributed by atoms with Crippen molar-refractivity contribution in [1.82, 2.24) is 5.32 Å². The van der Waals surface area contributed by atoms with Crippen LogP contribution in [0.1, 0.15) is 38.5 Å². The normalized spacial score (nSPS) is 31.8. The van der Waals surface area contributed by atoms with Crippen LogP contribution in [0.5, 0.6) is 0 Å². The van der Waals surface area contributed by atoms with Gasteiger partial charge in [0.1, 0.15) is 5.41 Å². The zero-order valence-corrected chi connectivity index (χ0v) is 9.11. The lowest BCUT2D eigenvalue weighted by molar-refractivity contribution is -0.149. The van der Waals surface area contributed by atoms with Crippen molar-refractivity contribution in [2.75, 3.05) is 0 Å². The molecular weight excluding hydrogens is 210 g/mol. The number of rotatable bonds is 3. The lowest BCUT2D eigenvalue weighted by Gasteiger charge is -2.29. The Hall–Kier alpha value is -1.10. The first kappa shape index (κ1) is 11.4. The van der Waals surface area contributed by atoms with Gasteiger partial charge in [0, 0.05) is 0 Å². The molecular formula is C11H17NO4. The van der Waals surface area contributed by atoms with Gasteiger partial charge in [-0.15, -0.1) is 0 Å². The maximum Gasteiger partial charge on any atom is 0.319 e. The van der Waals surface area contributed by atoms with Gasteiger partial charge >= 0.3 is 5.97 Å². The third-order valence-corrected chi connectivity index (χ3v) is 3.64. The molecule has 0 aliphatic heterocycles. The molecule has 0 bridgehead atoms. The number of carboxylic acid groups (broad SMARTS) is 1. The summed E-state index contributed by atoms with van der Waals surface area (Å²) in [6.07, 6.45) is 3.67. The van der Waals surface area contributed by atoms with E-state index in [1.54, 1.807) is 0 Å². The number of aliphatic carboxylic acids is 1. The van der Waals surface area contributed by atoms with E-state index in [4.69, 9.17) is 5.11 Å². The molecule has 0 saturated heterocycles. The zero-order chi connectivity index (χ0) is 11.8. The Morgan fingerprint density at radius 1 is 1.19 bits per heavy atom. The molecule has 2 atom stereocenters. The molecule has 2 unspecified atom stereocenters. The largest absolute Gasteiger partial charge is 0.480 e. The van der Waals surface area contributed by atoms with E-state index in [-0.39, 0.29) is 6.04 Å². The van der Waals surface area contributed by atoms with Crippen LogP contribution in [-0.2, 0) is 9.59 Å². The fraction of sp³-hybridized carbons (Fsp3) is 0.818. The number of aliphatic hydroxyl groups excluding tert-OH is 1. The molecule has 0 aromatic rings. The molecule has 0 spiro atoms. The molecule has 0 aromatic heterocycles. The number of nitrogens with one attached hydrogen (secondary N) is 1. The van der Waals surface area contributed by atoms with E-state index < -0.39 is 23.4 Å². The Balaban J connectivity index is 1.94. The van der Waals surface area contributed by atoms with Crippen molar-refractivity contribution in [3.8, 4) is 0 Å². The van der Waals surface area contributed by atoms with Crippen LogP contribution in [0, 0.1) is 5.41 Å². The molecule has 90 valence electrons. The fourth-order valence-electron chi connectivity index (χ4n) is 2.25. The van der Waals surface area contributed by atoms with Gasteiger partial charge in [0.25, 0.3) is 0 Å². The van der Waals surface area contributed by atoms with E-state index in [0.717, 1.165) is 19.3 Å². The highest BCUT2D eigenvalue weighted by Crippen LogP contribution is 2.46. The molecule has 5 heteroatoms. The van der Waals surface area contributed by atoms with Crippen molar-refractivity contribution >= 4 is 11.9 Å². The number of hydrogen-bond acceptors (Lipinski definition) is 3. The molecule has 2 aliphatic carbocycles. The number of aliphatic hydroxyl groups is 1. The highest BCUT2D eigenvalue weighted by molar-refractivity contribution is 6.04. The van der Waals surface area contributed by atoms with Gasteiger partial charge in [-0.25, -0.2) is 0 Å². The van der Waals surface area contributed by atoms with Crippen LogP contribution in [0.4, 0.5) is 0 Å². The lowest BCUT2D eigenvalue weighted by atomic mass is 9.92. The number of carboxylic acids is 1. The van der Waals surface area contributed by atoms with E-state index in [9.17, 15) is 14.7 Å². The Morgan fingerprint density at radius 3 is 2.31 bits per heavy atom. The van der Waals surface area contributed by atoms with E-state index in [0.29, 0.717) is 19.3 Å². The maximum absolute atomic E-state index is 11.8. The highest BCUT2D eigenvalue weighted by Gasteiger charge is 2.57. The van der Waals surface area contributed by atoms with Gasteiger partial charge in [-0.1, -0.05) is 12.8 Å². The second kappa shape index (κ2) is 4.05. The lowest BCUT2D eigenvalue weighted by Crippen LogP contribution is -2.49. The van der Waals surface area contributed by atoms with E-state index in [1.807, 2.05) is 0 Å². The third kappa shape index (κ3) is 1.91. The standard InChI is InChI=1S/C11H17NO4/c13-8-4-2-1-3-7(8)12-9(14)11(5-6-11)10(15)16/h7-8,13H,1-6H2,(H,12,14)(H,15,16). The molecule has 2 aliphatic rings. The van der Waals surface area contributed by atoms with Gasteiger partial charge in [0.05, 0.1) is 12.1 Å². The molecule has 0 heterocycles. The number of amides is 1. The van der Waals surface area contributed by atoms with Crippen molar-refractivity contribution in [1.29, 1.82) is 0 Å². The first-order chi connectivity index (χ1) is 7.56. The Morgan fingerprint density at radius 2 is 1.81 bits per heavy atom. The summed E-state index contributed by atoms with van der Waals surface area (Å²) in [4.78, 5) is 22.7. The topological polar surface area (TPSA) is 86.6 Å². The Kier molecular flexibility index (Phi) is 2.88. The van der Waals surface area contributed by atoms with Crippen LogP contribution >= 0.6 is 0 Å². The quantitative estimate of drug-likeness (QED) is 0.604. The van der Waals surface area contributed by atoms with Crippen LogP contribution in [0.25, 0.3) is 0 Å². The molecule has 2 rings (SSSR count). The smallest absolute Gasteiger partial charge is 0.319 e. The first-order valence-electron chi connectivity index (χ1n) is 5.79. The summed E-state index contributed by atoms with van der Waals surface area (Å²) in [7, 11) is 0. The molecule has 5 nitrogen and oxygen atoms in total. The van der Waals surface area contributed by atoms with Crippen molar-refractivity contribution in [2.45, 2.75) is 50.7 Å². The van der Waals surface area contributed by atoms with Gasteiger partial charge in [0.15, 0.2) is 0 Å².